The summed E-state index contributed by atoms with van der Waals surface area (Å²) < 4.78 is 6.32. The number of carbonyl (C=O) groups is 3. The number of nitrogens with zero attached hydrogens (tertiary/aromatic N) is 2. The van der Waals surface area contributed by atoms with Crippen LogP contribution in [0.1, 0.15) is 31.2 Å². The van der Waals surface area contributed by atoms with Gasteiger partial charge >= 0.3 is 6.09 Å². The van der Waals surface area contributed by atoms with Crippen molar-refractivity contribution in [1.29, 1.82) is 0 Å². The minimum atomic E-state index is -0.435. The van der Waals surface area contributed by atoms with Crippen LogP contribution >= 0.6 is 0 Å². The third-order valence-corrected chi connectivity index (χ3v) is 10.3. The molecule has 4 N–H and O–H groups in total. The fraction of sp³-hybridized carbons (Fsp3) is 0.204. The summed E-state index contributed by atoms with van der Waals surface area (Å²) in [6, 6.07) is 50.0. The quantitative estimate of drug-likeness (QED) is 0.0765. The number of hydrogen-bond donors (Lipinski definition) is 4. The molecule has 1 saturated heterocycles. The smallest absolute Gasteiger partial charge is 0.419 e. The fourth-order valence-electron chi connectivity index (χ4n) is 7.26. The second-order valence-corrected chi connectivity index (χ2v) is 14.5. The molecular formula is C49H49N5O5. The number of piperidine rings is 1. The first-order valence-corrected chi connectivity index (χ1v) is 20.1. The Morgan fingerprint density at radius 3 is 1.73 bits per heavy atom. The van der Waals surface area contributed by atoms with E-state index < -0.39 is 6.09 Å². The predicted octanol–water partition coefficient (Wildman–Crippen LogP) is 9.61. The van der Waals surface area contributed by atoms with Crippen LogP contribution in [0.2, 0.25) is 0 Å². The molecule has 1 fully saturated rings. The van der Waals surface area contributed by atoms with Crippen LogP contribution in [0.3, 0.4) is 0 Å². The maximum Gasteiger partial charge on any atom is 0.419 e. The highest BCUT2D eigenvalue weighted by Gasteiger charge is 2.29. The normalized spacial score (nSPS) is 13.0. The van der Waals surface area contributed by atoms with Crippen LogP contribution < -0.4 is 20.9 Å². The number of rotatable bonds is 15. The molecule has 1 aliphatic heterocycles. The molecule has 0 spiro atoms. The SMILES string of the molecule is O=C(CCNCc1ccc(O)cc1)Nc1cccc(NC(=O)CCN2CCC(OC(=O)N(c3ccccc3-c3ccccc3)c3ccccc3-c3ccccc3)CC2)c1. The minimum absolute atomic E-state index is 0.120. The van der Waals surface area contributed by atoms with Gasteiger partial charge in [-0.25, -0.2) is 9.69 Å². The molecule has 1 aliphatic rings. The van der Waals surface area contributed by atoms with Crippen molar-refractivity contribution in [2.45, 2.75) is 38.3 Å². The number of phenols is 1. The van der Waals surface area contributed by atoms with E-state index in [4.69, 9.17) is 4.74 Å². The summed E-state index contributed by atoms with van der Waals surface area (Å²) in [7, 11) is 0. The maximum atomic E-state index is 14.5. The maximum absolute atomic E-state index is 14.5. The third-order valence-electron chi connectivity index (χ3n) is 10.3. The van der Waals surface area contributed by atoms with Crippen LogP contribution in [0.15, 0.2) is 158 Å². The van der Waals surface area contributed by atoms with Crippen molar-refractivity contribution < 1.29 is 24.2 Å². The zero-order valence-electron chi connectivity index (χ0n) is 32.9. The average Bonchev–Trinajstić information content (AvgIpc) is 3.27. The van der Waals surface area contributed by atoms with Gasteiger partial charge in [0.05, 0.1) is 11.4 Å². The lowest BCUT2D eigenvalue weighted by Crippen LogP contribution is -2.41. The number of nitrogens with one attached hydrogen (secondary N) is 3. The standard InChI is InChI=1S/C49H49N5O5/c55-41-24-22-36(23-25-41)35-50-30-26-47(56)51-39-16-11-17-40(34-39)52-48(57)29-33-53-31-27-42(28-32-53)59-49(58)54(45-20-9-7-18-43(45)37-12-3-1-4-13-37)46-21-10-8-19-44(46)38-14-5-2-6-15-38/h1-25,34,42,50,55H,26-33,35H2,(H,51,56)(H,52,57). The van der Waals surface area contributed by atoms with Crippen molar-refractivity contribution in [2.75, 3.05) is 41.7 Å². The van der Waals surface area contributed by atoms with E-state index in [-0.39, 0.29) is 30.1 Å². The highest BCUT2D eigenvalue weighted by Crippen LogP contribution is 2.40. The lowest BCUT2D eigenvalue weighted by Gasteiger charge is -2.33. The molecule has 0 saturated carbocycles. The number of likely N-dealkylation sites (tertiary alicyclic amines) is 1. The summed E-state index contributed by atoms with van der Waals surface area (Å²) in [5.41, 5.74) is 7.54. The van der Waals surface area contributed by atoms with Gasteiger partial charge in [0.1, 0.15) is 11.9 Å². The van der Waals surface area contributed by atoms with Crippen molar-refractivity contribution in [3.05, 3.63) is 163 Å². The molecule has 3 amide bonds. The molecule has 0 unspecified atom stereocenters. The van der Waals surface area contributed by atoms with Crippen LogP contribution in [-0.4, -0.2) is 60.2 Å². The molecule has 0 bridgehead atoms. The highest BCUT2D eigenvalue weighted by molar-refractivity contribution is 6.04. The van der Waals surface area contributed by atoms with Gasteiger partial charge in [0.2, 0.25) is 11.8 Å². The molecule has 0 aliphatic carbocycles. The van der Waals surface area contributed by atoms with Gasteiger partial charge in [-0.3, -0.25) is 9.59 Å². The molecule has 0 radical (unpaired) electrons. The second-order valence-electron chi connectivity index (χ2n) is 14.5. The van der Waals surface area contributed by atoms with E-state index in [0.29, 0.717) is 63.4 Å². The molecule has 6 aromatic carbocycles. The Morgan fingerprint density at radius 2 is 1.15 bits per heavy atom. The van der Waals surface area contributed by atoms with E-state index in [1.807, 2.05) is 121 Å². The molecule has 0 aromatic heterocycles. The van der Waals surface area contributed by atoms with Crippen molar-refractivity contribution in [2.24, 2.45) is 0 Å². The first-order valence-electron chi connectivity index (χ1n) is 20.1. The molecule has 10 heteroatoms. The molecule has 300 valence electrons. The Kier molecular flexibility index (Phi) is 13.8. The van der Waals surface area contributed by atoms with Gasteiger partial charge in [-0.05, 0) is 72.0 Å². The number of hydrogen-bond acceptors (Lipinski definition) is 7. The van der Waals surface area contributed by atoms with E-state index in [2.05, 4.69) is 20.9 Å². The Bertz CT molecular complexity index is 2230. The number of aromatic hydroxyl groups is 1. The van der Waals surface area contributed by atoms with E-state index in [1.54, 1.807) is 41.3 Å². The van der Waals surface area contributed by atoms with Crippen molar-refractivity contribution in [3.8, 4) is 28.0 Å². The molecule has 6 aromatic rings. The van der Waals surface area contributed by atoms with Gasteiger partial charge in [-0.2, -0.15) is 0 Å². The first-order chi connectivity index (χ1) is 28.9. The average molecular weight is 788 g/mol. The molecule has 59 heavy (non-hydrogen) atoms. The zero-order chi connectivity index (χ0) is 40.8. The Hall–Kier alpha value is -6.75. The van der Waals surface area contributed by atoms with Gasteiger partial charge in [0.25, 0.3) is 0 Å². The molecule has 7 rings (SSSR count). The van der Waals surface area contributed by atoms with Crippen LogP contribution in [0, 0.1) is 0 Å². The van der Waals surface area contributed by atoms with E-state index in [1.165, 1.54) is 0 Å². The van der Waals surface area contributed by atoms with E-state index in [9.17, 15) is 19.5 Å². The lowest BCUT2D eigenvalue weighted by atomic mass is 10.00. The number of phenolic OH excluding ortho intramolecular Hbond substituents is 1. The number of anilines is 4. The topological polar surface area (TPSA) is 123 Å². The number of benzene rings is 6. The Morgan fingerprint density at radius 1 is 0.627 bits per heavy atom. The van der Waals surface area contributed by atoms with Gasteiger partial charge < -0.3 is 30.7 Å². The predicted molar refractivity (Wildman–Crippen MR) is 235 cm³/mol. The van der Waals surface area contributed by atoms with Gasteiger partial charge in [-0.1, -0.05) is 115 Å². The Labute approximate surface area is 345 Å². The summed E-state index contributed by atoms with van der Waals surface area (Å²) in [5, 5.41) is 18.5. The van der Waals surface area contributed by atoms with Gasteiger partial charge in [-0.15, -0.1) is 0 Å². The summed E-state index contributed by atoms with van der Waals surface area (Å²) >= 11 is 0. The van der Waals surface area contributed by atoms with E-state index >= 15 is 0 Å². The van der Waals surface area contributed by atoms with E-state index in [0.717, 1.165) is 39.2 Å². The van der Waals surface area contributed by atoms with Crippen LogP contribution in [0.5, 0.6) is 5.75 Å². The monoisotopic (exact) mass is 787 g/mol. The number of amides is 3. The second kappa shape index (κ2) is 20.1. The summed E-state index contributed by atoms with van der Waals surface area (Å²) in [4.78, 5) is 43.9. The van der Waals surface area contributed by atoms with Gasteiger partial charge in [0.15, 0.2) is 0 Å². The van der Waals surface area contributed by atoms with Crippen molar-refractivity contribution >= 4 is 40.7 Å². The molecular weight excluding hydrogens is 739 g/mol. The first kappa shape index (κ1) is 40.4. The summed E-state index contributed by atoms with van der Waals surface area (Å²) in [6.45, 7) is 3.04. The summed E-state index contributed by atoms with van der Waals surface area (Å²) in [5.74, 6) is -0.0383. The fourth-order valence-corrected chi connectivity index (χ4v) is 7.26. The number of para-hydroxylation sites is 2. The van der Waals surface area contributed by atoms with Crippen molar-refractivity contribution in [1.82, 2.24) is 10.2 Å². The van der Waals surface area contributed by atoms with Gasteiger partial charge in [0, 0.05) is 68.1 Å². The van der Waals surface area contributed by atoms with Crippen molar-refractivity contribution in [3.63, 3.8) is 0 Å². The summed E-state index contributed by atoms with van der Waals surface area (Å²) in [6.07, 6.45) is 1.17. The van der Waals surface area contributed by atoms with Crippen LogP contribution in [-0.2, 0) is 20.9 Å². The highest BCUT2D eigenvalue weighted by atomic mass is 16.6. The minimum Gasteiger partial charge on any atom is -0.508 e. The molecule has 10 nitrogen and oxygen atoms in total. The van der Waals surface area contributed by atoms with Crippen LogP contribution in [0.4, 0.5) is 27.5 Å². The number of ether oxygens (including phenoxy) is 1. The molecule has 1 heterocycles. The lowest BCUT2D eigenvalue weighted by molar-refractivity contribution is -0.117. The van der Waals surface area contributed by atoms with Crippen LogP contribution in [0.25, 0.3) is 22.3 Å². The number of carbonyl (C=O) groups excluding carboxylic acids is 3. The Balaban J connectivity index is 0.917. The zero-order valence-corrected chi connectivity index (χ0v) is 32.9. The largest absolute Gasteiger partial charge is 0.508 e. The third kappa shape index (κ3) is 11.2. The molecule has 0 atom stereocenters.